The van der Waals surface area contributed by atoms with E-state index in [1.54, 1.807) is 0 Å². The zero-order valence-corrected chi connectivity index (χ0v) is 8.87. The molecule has 0 saturated carbocycles. The Balaban J connectivity index is 3.76. The van der Waals surface area contributed by atoms with Gasteiger partial charge in [0.15, 0.2) is 0 Å². The lowest BCUT2D eigenvalue weighted by atomic mass is 10.1. The molecule has 0 aromatic rings. The first kappa shape index (κ1) is 13.2. The highest BCUT2D eigenvalue weighted by Crippen LogP contribution is 2.10. The highest BCUT2D eigenvalue weighted by Gasteiger charge is 2.11. The number of hydrogen-bond acceptors (Lipinski definition) is 3. The number of aliphatic hydroxyl groups excluding tert-OH is 1. The standard InChI is InChI=1S/C11H20O3/c1-3-5-6-7-10(8-9-12)14-11(13)4-2/h4,10,12H,2-3,5-9H2,1H3. The monoisotopic (exact) mass is 200 g/mol. The van der Waals surface area contributed by atoms with E-state index in [9.17, 15) is 4.79 Å². The molecule has 0 amide bonds. The van der Waals surface area contributed by atoms with Crippen molar-refractivity contribution in [1.29, 1.82) is 0 Å². The van der Waals surface area contributed by atoms with E-state index in [-0.39, 0.29) is 12.7 Å². The van der Waals surface area contributed by atoms with Crippen molar-refractivity contribution >= 4 is 5.97 Å². The Kier molecular flexibility index (Phi) is 8.24. The Hall–Kier alpha value is -0.830. The number of aliphatic hydroxyl groups is 1. The molecule has 0 spiro atoms. The first-order valence-corrected chi connectivity index (χ1v) is 5.18. The molecule has 1 N–H and O–H groups in total. The first-order valence-electron chi connectivity index (χ1n) is 5.18. The molecule has 0 bridgehead atoms. The molecule has 0 aliphatic heterocycles. The first-order chi connectivity index (χ1) is 6.74. The zero-order chi connectivity index (χ0) is 10.8. The molecule has 0 heterocycles. The molecule has 3 heteroatoms. The van der Waals surface area contributed by atoms with Gasteiger partial charge in [-0.15, -0.1) is 0 Å². The van der Waals surface area contributed by atoms with E-state index in [0.717, 1.165) is 31.8 Å². The Labute approximate surface area is 85.8 Å². The molecule has 1 unspecified atom stereocenters. The highest BCUT2D eigenvalue weighted by atomic mass is 16.5. The van der Waals surface area contributed by atoms with Gasteiger partial charge in [0.2, 0.25) is 0 Å². The van der Waals surface area contributed by atoms with Crippen molar-refractivity contribution < 1.29 is 14.6 Å². The minimum Gasteiger partial charge on any atom is -0.459 e. The van der Waals surface area contributed by atoms with Gasteiger partial charge in [0, 0.05) is 19.1 Å². The van der Waals surface area contributed by atoms with Gasteiger partial charge in [-0.05, 0) is 12.8 Å². The molecule has 0 radical (unpaired) electrons. The van der Waals surface area contributed by atoms with Crippen molar-refractivity contribution in [2.24, 2.45) is 0 Å². The molecule has 0 rings (SSSR count). The average molecular weight is 200 g/mol. The van der Waals surface area contributed by atoms with Gasteiger partial charge in [-0.2, -0.15) is 0 Å². The van der Waals surface area contributed by atoms with E-state index < -0.39 is 5.97 Å². The molecule has 82 valence electrons. The van der Waals surface area contributed by atoms with E-state index in [2.05, 4.69) is 13.5 Å². The summed E-state index contributed by atoms with van der Waals surface area (Å²) in [5, 5.41) is 8.76. The molecule has 0 fully saturated rings. The van der Waals surface area contributed by atoms with Crippen LogP contribution in [-0.4, -0.2) is 23.8 Å². The summed E-state index contributed by atoms with van der Waals surface area (Å²) < 4.78 is 5.07. The van der Waals surface area contributed by atoms with Gasteiger partial charge in [-0.3, -0.25) is 0 Å². The van der Waals surface area contributed by atoms with E-state index in [0.29, 0.717) is 6.42 Å². The van der Waals surface area contributed by atoms with Crippen LogP contribution in [-0.2, 0) is 9.53 Å². The van der Waals surface area contributed by atoms with E-state index in [4.69, 9.17) is 9.84 Å². The highest BCUT2D eigenvalue weighted by molar-refractivity contribution is 5.81. The van der Waals surface area contributed by atoms with Gasteiger partial charge in [0.25, 0.3) is 0 Å². The van der Waals surface area contributed by atoms with Crippen molar-refractivity contribution in [2.75, 3.05) is 6.61 Å². The predicted octanol–water partition coefficient (Wildman–Crippen LogP) is 2.05. The van der Waals surface area contributed by atoms with E-state index in [1.807, 2.05) is 0 Å². The molecule has 0 saturated heterocycles. The van der Waals surface area contributed by atoms with E-state index >= 15 is 0 Å². The third-order valence-corrected chi connectivity index (χ3v) is 2.03. The van der Waals surface area contributed by atoms with Crippen molar-refractivity contribution in [3.8, 4) is 0 Å². The zero-order valence-electron chi connectivity index (χ0n) is 8.87. The second-order valence-corrected chi connectivity index (χ2v) is 3.27. The molecule has 0 aliphatic carbocycles. The van der Waals surface area contributed by atoms with Crippen LogP contribution in [0.1, 0.15) is 39.0 Å². The van der Waals surface area contributed by atoms with Crippen molar-refractivity contribution in [1.82, 2.24) is 0 Å². The molecule has 14 heavy (non-hydrogen) atoms. The van der Waals surface area contributed by atoms with Gasteiger partial charge < -0.3 is 9.84 Å². The third-order valence-electron chi connectivity index (χ3n) is 2.03. The molecular weight excluding hydrogens is 180 g/mol. The Bertz CT molecular complexity index is 166. The summed E-state index contributed by atoms with van der Waals surface area (Å²) in [6.45, 7) is 5.51. The number of carbonyl (C=O) groups excluding carboxylic acids is 1. The minimum absolute atomic E-state index is 0.0568. The SMILES string of the molecule is C=CC(=O)OC(CCO)CCCCC. The molecule has 1 atom stereocenters. The van der Waals surface area contributed by atoms with Crippen LogP contribution in [0, 0.1) is 0 Å². The normalized spacial score (nSPS) is 12.1. The van der Waals surface area contributed by atoms with Crippen LogP contribution >= 0.6 is 0 Å². The summed E-state index contributed by atoms with van der Waals surface area (Å²) in [6.07, 6.45) is 5.65. The van der Waals surface area contributed by atoms with Gasteiger partial charge in [0.1, 0.15) is 6.10 Å². The number of esters is 1. The minimum atomic E-state index is -0.403. The van der Waals surface area contributed by atoms with Crippen LogP contribution in [0.25, 0.3) is 0 Å². The Morgan fingerprint density at radius 3 is 2.71 bits per heavy atom. The fraction of sp³-hybridized carbons (Fsp3) is 0.727. The van der Waals surface area contributed by atoms with Crippen molar-refractivity contribution in [3.05, 3.63) is 12.7 Å². The Morgan fingerprint density at radius 1 is 1.50 bits per heavy atom. The molecular formula is C11H20O3. The molecule has 0 aliphatic rings. The quantitative estimate of drug-likeness (QED) is 0.370. The number of ether oxygens (including phenoxy) is 1. The van der Waals surface area contributed by atoms with Crippen LogP contribution in [0.5, 0.6) is 0 Å². The molecule has 0 aromatic carbocycles. The third kappa shape index (κ3) is 6.66. The Morgan fingerprint density at radius 2 is 2.21 bits per heavy atom. The number of rotatable bonds is 8. The topological polar surface area (TPSA) is 46.5 Å². The van der Waals surface area contributed by atoms with Crippen LogP contribution < -0.4 is 0 Å². The second kappa shape index (κ2) is 8.75. The van der Waals surface area contributed by atoms with Crippen LogP contribution in [0.2, 0.25) is 0 Å². The summed E-state index contributed by atoms with van der Waals surface area (Å²) in [7, 11) is 0. The van der Waals surface area contributed by atoms with Crippen LogP contribution in [0.4, 0.5) is 0 Å². The van der Waals surface area contributed by atoms with Gasteiger partial charge in [-0.1, -0.05) is 26.3 Å². The number of carbonyl (C=O) groups is 1. The maximum Gasteiger partial charge on any atom is 0.330 e. The number of unbranched alkanes of at least 4 members (excludes halogenated alkanes) is 2. The summed E-state index contributed by atoms with van der Waals surface area (Å²) in [5.41, 5.74) is 0. The van der Waals surface area contributed by atoms with Crippen LogP contribution in [0.3, 0.4) is 0 Å². The van der Waals surface area contributed by atoms with Crippen molar-refractivity contribution in [3.63, 3.8) is 0 Å². The lowest BCUT2D eigenvalue weighted by Crippen LogP contribution is -2.18. The summed E-state index contributed by atoms with van der Waals surface area (Å²) in [6, 6.07) is 0. The maximum absolute atomic E-state index is 10.9. The number of hydrogen-bond donors (Lipinski definition) is 1. The second-order valence-electron chi connectivity index (χ2n) is 3.27. The largest absolute Gasteiger partial charge is 0.459 e. The summed E-state index contributed by atoms with van der Waals surface area (Å²) >= 11 is 0. The smallest absolute Gasteiger partial charge is 0.330 e. The van der Waals surface area contributed by atoms with Gasteiger partial charge >= 0.3 is 5.97 Å². The molecule has 0 aromatic heterocycles. The lowest BCUT2D eigenvalue weighted by Gasteiger charge is -2.15. The fourth-order valence-electron chi connectivity index (χ4n) is 1.24. The lowest BCUT2D eigenvalue weighted by molar-refractivity contribution is -0.144. The average Bonchev–Trinajstić information content (AvgIpc) is 2.18. The van der Waals surface area contributed by atoms with Crippen LogP contribution in [0.15, 0.2) is 12.7 Å². The van der Waals surface area contributed by atoms with Crippen molar-refractivity contribution in [2.45, 2.75) is 45.1 Å². The summed E-state index contributed by atoms with van der Waals surface area (Å²) in [4.78, 5) is 10.9. The fourth-order valence-corrected chi connectivity index (χ4v) is 1.24. The van der Waals surface area contributed by atoms with Gasteiger partial charge in [-0.25, -0.2) is 4.79 Å². The maximum atomic E-state index is 10.9. The molecule has 3 nitrogen and oxygen atoms in total. The van der Waals surface area contributed by atoms with E-state index in [1.165, 1.54) is 0 Å². The predicted molar refractivity (Wildman–Crippen MR) is 55.9 cm³/mol. The van der Waals surface area contributed by atoms with Gasteiger partial charge in [0.05, 0.1) is 0 Å². The summed E-state index contributed by atoms with van der Waals surface area (Å²) in [5.74, 6) is -0.403.